The van der Waals surface area contributed by atoms with Gasteiger partial charge in [-0.05, 0) is 24.8 Å². The maximum Gasteiger partial charge on any atom is 0.238 e. The summed E-state index contributed by atoms with van der Waals surface area (Å²) in [5.41, 5.74) is 1.19. The fourth-order valence-corrected chi connectivity index (χ4v) is 2.51. The number of carbonyl (C=O) groups is 1. The van der Waals surface area contributed by atoms with Gasteiger partial charge in [0.05, 0.1) is 6.54 Å². The van der Waals surface area contributed by atoms with Crippen LogP contribution in [0.5, 0.6) is 0 Å². The minimum Gasteiger partial charge on any atom is -0.319 e. The lowest BCUT2D eigenvalue weighted by Crippen LogP contribution is -2.43. The fourth-order valence-electron chi connectivity index (χ4n) is 2.51. The minimum atomic E-state index is 0.0963. The average molecular weight is 216 g/mol. The van der Waals surface area contributed by atoms with Crippen LogP contribution in [0.25, 0.3) is 0 Å². The van der Waals surface area contributed by atoms with Gasteiger partial charge in [-0.3, -0.25) is 10.1 Å². The number of nitrogens with zero attached hydrogens (tertiary/aromatic N) is 1. The second-order valence-corrected chi connectivity index (χ2v) is 4.58. The summed E-state index contributed by atoms with van der Waals surface area (Å²) in [6.07, 6.45) is 3.68. The van der Waals surface area contributed by atoms with Crippen molar-refractivity contribution in [1.82, 2.24) is 10.2 Å². The van der Waals surface area contributed by atoms with E-state index in [0.29, 0.717) is 12.6 Å². The topological polar surface area (TPSA) is 32.3 Å². The van der Waals surface area contributed by atoms with Crippen LogP contribution < -0.4 is 5.32 Å². The summed E-state index contributed by atoms with van der Waals surface area (Å²) in [5, 5.41) is 3.30. The normalized spacial score (nSPS) is 25.9. The highest BCUT2D eigenvalue weighted by Crippen LogP contribution is 2.33. The second-order valence-electron chi connectivity index (χ2n) is 4.58. The van der Waals surface area contributed by atoms with E-state index in [1.807, 2.05) is 23.1 Å². The Morgan fingerprint density at radius 1 is 1.19 bits per heavy atom. The molecular formula is C13H16N2O. The first-order valence-corrected chi connectivity index (χ1v) is 5.96. The van der Waals surface area contributed by atoms with Crippen LogP contribution >= 0.6 is 0 Å². The Bertz CT molecular complexity index is 386. The van der Waals surface area contributed by atoms with Gasteiger partial charge < -0.3 is 4.90 Å². The van der Waals surface area contributed by atoms with E-state index in [0.717, 1.165) is 12.8 Å². The van der Waals surface area contributed by atoms with Crippen LogP contribution in [0, 0.1) is 0 Å². The van der Waals surface area contributed by atoms with E-state index >= 15 is 0 Å². The third-order valence-electron chi connectivity index (χ3n) is 3.60. The Balaban J connectivity index is 1.86. The molecule has 1 N–H and O–H groups in total. The van der Waals surface area contributed by atoms with Crippen LogP contribution in [0.15, 0.2) is 30.3 Å². The predicted octanol–water partition coefficient (Wildman–Crippen LogP) is 1.67. The highest BCUT2D eigenvalue weighted by atomic mass is 16.2. The lowest BCUT2D eigenvalue weighted by Gasteiger charge is -2.38. The van der Waals surface area contributed by atoms with E-state index in [1.165, 1.54) is 12.0 Å². The van der Waals surface area contributed by atoms with Crippen molar-refractivity contribution in [3.8, 4) is 0 Å². The number of hydrogen-bond acceptors (Lipinski definition) is 2. The van der Waals surface area contributed by atoms with Crippen molar-refractivity contribution in [2.45, 2.75) is 31.5 Å². The predicted molar refractivity (Wildman–Crippen MR) is 61.7 cm³/mol. The number of benzene rings is 1. The fraction of sp³-hybridized carbons (Fsp3) is 0.462. The van der Waals surface area contributed by atoms with Gasteiger partial charge in [-0.15, -0.1) is 0 Å². The van der Waals surface area contributed by atoms with E-state index in [9.17, 15) is 4.79 Å². The number of hydrogen-bond donors (Lipinski definition) is 1. The average Bonchev–Trinajstić information content (AvgIpc) is 2.60. The zero-order valence-corrected chi connectivity index (χ0v) is 9.23. The maximum absolute atomic E-state index is 11.9. The number of rotatable bonds is 2. The largest absolute Gasteiger partial charge is 0.319 e. The van der Waals surface area contributed by atoms with Crippen molar-refractivity contribution in [2.24, 2.45) is 0 Å². The van der Waals surface area contributed by atoms with E-state index in [4.69, 9.17) is 0 Å². The molecule has 0 bridgehead atoms. The number of carbonyl (C=O) groups excluding carboxylic acids is 1. The Morgan fingerprint density at radius 3 is 2.56 bits per heavy atom. The summed E-state index contributed by atoms with van der Waals surface area (Å²) in [4.78, 5) is 13.9. The molecule has 3 nitrogen and oxygen atoms in total. The Morgan fingerprint density at radius 2 is 1.94 bits per heavy atom. The van der Waals surface area contributed by atoms with E-state index in [-0.39, 0.29) is 12.1 Å². The summed E-state index contributed by atoms with van der Waals surface area (Å²) in [6.45, 7) is 0.482. The van der Waals surface area contributed by atoms with Crippen molar-refractivity contribution in [1.29, 1.82) is 0 Å². The summed E-state index contributed by atoms with van der Waals surface area (Å²) in [7, 11) is 0. The lowest BCUT2D eigenvalue weighted by atomic mass is 9.91. The number of nitrogens with one attached hydrogen (secondary N) is 1. The molecule has 0 aromatic heterocycles. The third kappa shape index (κ3) is 1.52. The molecule has 1 aliphatic carbocycles. The van der Waals surface area contributed by atoms with Crippen molar-refractivity contribution in [3.63, 3.8) is 0 Å². The maximum atomic E-state index is 11.9. The Labute approximate surface area is 95.4 Å². The summed E-state index contributed by atoms with van der Waals surface area (Å²) >= 11 is 0. The molecule has 3 rings (SSSR count). The SMILES string of the molecule is O=C1CNC(c2ccccc2)N1C1CCC1. The molecule has 2 fully saturated rings. The molecule has 1 unspecified atom stereocenters. The van der Waals surface area contributed by atoms with Crippen LogP contribution in [0.2, 0.25) is 0 Å². The van der Waals surface area contributed by atoms with E-state index in [2.05, 4.69) is 17.4 Å². The van der Waals surface area contributed by atoms with Crippen molar-refractivity contribution < 1.29 is 4.79 Å². The molecule has 1 aromatic rings. The molecule has 16 heavy (non-hydrogen) atoms. The van der Waals surface area contributed by atoms with Gasteiger partial charge in [0.25, 0.3) is 0 Å². The van der Waals surface area contributed by atoms with Crippen LogP contribution in [-0.2, 0) is 4.79 Å². The van der Waals surface area contributed by atoms with Crippen molar-refractivity contribution in [2.75, 3.05) is 6.54 Å². The van der Waals surface area contributed by atoms with Crippen LogP contribution in [-0.4, -0.2) is 23.4 Å². The van der Waals surface area contributed by atoms with E-state index in [1.54, 1.807) is 0 Å². The number of amides is 1. The first-order chi connectivity index (χ1) is 7.86. The summed E-state index contributed by atoms with van der Waals surface area (Å²) in [5.74, 6) is 0.249. The van der Waals surface area contributed by atoms with Gasteiger partial charge in [0.15, 0.2) is 0 Å². The standard InChI is InChI=1S/C13H16N2O/c16-12-9-14-13(10-5-2-1-3-6-10)15(12)11-7-4-8-11/h1-3,5-6,11,13-14H,4,7-9H2. The van der Waals surface area contributed by atoms with E-state index < -0.39 is 0 Å². The van der Waals surface area contributed by atoms with Gasteiger partial charge in [0.2, 0.25) is 5.91 Å². The van der Waals surface area contributed by atoms with Gasteiger partial charge in [0.1, 0.15) is 6.17 Å². The smallest absolute Gasteiger partial charge is 0.238 e. The highest BCUT2D eigenvalue weighted by Gasteiger charge is 2.38. The molecular weight excluding hydrogens is 200 g/mol. The summed E-state index contributed by atoms with van der Waals surface area (Å²) < 4.78 is 0. The quantitative estimate of drug-likeness (QED) is 0.815. The van der Waals surface area contributed by atoms with Gasteiger partial charge in [-0.2, -0.15) is 0 Å². The monoisotopic (exact) mass is 216 g/mol. The molecule has 3 heteroatoms. The molecule has 1 aliphatic heterocycles. The molecule has 0 spiro atoms. The van der Waals surface area contributed by atoms with Gasteiger partial charge in [0, 0.05) is 6.04 Å². The zero-order valence-electron chi connectivity index (χ0n) is 9.23. The van der Waals surface area contributed by atoms with Crippen LogP contribution in [0.1, 0.15) is 31.0 Å². The van der Waals surface area contributed by atoms with Crippen LogP contribution in [0.4, 0.5) is 0 Å². The first kappa shape index (κ1) is 9.85. The van der Waals surface area contributed by atoms with Crippen molar-refractivity contribution >= 4 is 5.91 Å². The Kier molecular flexibility index (Phi) is 2.40. The van der Waals surface area contributed by atoms with Crippen molar-refractivity contribution in [3.05, 3.63) is 35.9 Å². The molecule has 1 atom stereocenters. The molecule has 2 aliphatic rings. The molecule has 1 heterocycles. The van der Waals surface area contributed by atoms with Gasteiger partial charge >= 0.3 is 0 Å². The molecule has 84 valence electrons. The molecule has 0 radical (unpaired) electrons. The Hall–Kier alpha value is -1.35. The van der Waals surface area contributed by atoms with Crippen LogP contribution in [0.3, 0.4) is 0 Å². The lowest BCUT2D eigenvalue weighted by molar-refractivity contribution is -0.132. The highest BCUT2D eigenvalue weighted by molar-refractivity contribution is 5.81. The van der Waals surface area contributed by atoms with Gasteiger partial charge in [-0.1, -0.05) is 30.3 Å². The molecule has 1 saturated carbocycles. The zero-order chi connectivity index (χ0) is 11.0. The third-order valence-corrected chi connectivity index (χ3v) is 3.60. The minimum absolute atomic E-state index is 0.0963. The molecule has 1 saturated heterocycles. The second kappa shape index (κ2) is 3.91. The molecule has 1 amide bonds. The molecule has 1 aromatic carbocycles. The summed E-state index contributed by atoms with van der Waals surface area (Å²) in [6, 6.07) is 10.7. The van der Waals surface area contributed by atoms with Gasteiger partial charge in [-0.25, -0.2) is 0 Å². The first-order valence-electron chi connectivity index (χ1n) is 5.96.